The van der Waals surface area contributed by atoms with Gasteiger partial charge in [-0.15, -0.1) is 11.8 Å². The first-order chi connectivity index (χ1) is 21.9. The molecular weight excluding hydrogens is 616 g/mol. The first kappa shape index (κ1) is 40.0. The zero-order valence-electron chi connectivity index (χ0n) is 30.1. The minimum atomic E-state index is -0.996. The second-order valence-corrected chi connectivity index (χ2v) is 15.6. The van der Waals surface area contributed by atoms with Gasteiger partial charge in [-0.3, -0.25) is 24.1 Å². The van der Waals surface area contributed by atoms with Crippen molar-refractivity contribution in [2.45, 2.75) is 103 Å². The number of thioether (sulfide) groups is 1. The van der Waals surface area contributed by atoms with Crippen LogP contribution in [0.1, 0.15) is 90.9 Å². The highest BCUT2D eigenvalue weighted by molar-refractivity contribution is 8.00. The van der Waals surface area contributed by atoms with Crippen LogP contribution in [0.2, 0.25) is 0 Å². The molecule has 0 saturated carbocycles. The molecule has 0 radical (unpaired) electrons. The van der Waals surface area contributed by atoms with E-state index in [2.05, 4.69) is 71.5 Å². The molecule has 0 bridgehead atoms. The highest BCUT2D eigenvalue weighted by atomic mass is 32.2. The van der Waals surface area contributed by atoms with Crippen molar-refractivity contribution in [3.63, 3.8) is 0 Å². The smallest absolute Gasteiger partial charge is 0.329 e. The van der Waals surface area contributed by atoms with Gasteiger partial charge in [-0.1, -0.05) is 58.4 Å². The summed E-state index contributed by atoms with van der Waals surface area (Å²) in [5.74, 6) is -1.90. The number of imide groups is 1. The number of ether oxygens (including phenoxy) is 1. The lowest BCUT2D eigenvalue weighted by molar-refractivity contribution is -0.967. The molecule has 1 aliphatic heterocycles. The number of likely N-dealkylation sites (N-methyl/N-ethyl adjacent to an activating group) is 1. The normalized spacial score (nSPS) is 17.8. The molecule has 0 spiro atoms. The molecule has 11 heteroatoms. The zero-order valence-corrected chi connectivity index (χ0v) is 30.9. The van der Waals surface area contributed by atoms with E-state index in [4.69, 9.17) is 4.74 Å². The SMILES string of the molecule is CCCC(C)(C=CCC(C)(C)CC)[N+](C)(C)C(C)(C)C(=O)NCCN1C(=O)CC(SCC(NC(=O)c2ccccc2)C(=O)OC)C1=O. The highest BCUT2D eigenvalue weighted by Crippen LogP contribution is 2.37. The van der Waals surface area contributed by atoms with Crippen molar-refractivity contribution < 1.29 is 33.2 Å². The quantitative estimate of drug-likeness (QED) is 0.100. The van der Waals surface area contributed by atoms with Gasteiger partial charge in [0.05, 0.1) is 26.5 Å². The van der Waals surface area contributed by atoms with Crippen LogP contribution in [0.15, 0.2) is 42.5 Å². The van der Waals surface area contributed by atoms with Crippen LogP contribution in [-0.4, -0.2) is 101 Å². The summed E-state index contributed by atoms with van der Waals surface area (Å²) >= 11 is 1.13. The fourth-order valence-electron chi connectivity index (χ4n) is 5.59. The molecule has 2 rings (SSSR count). The second kappa shape index (κ2) is 16.8. The molecule has 1 heterocycles. The molecule has 2 N–H and O–H groups in total. The predicted octanol–water partition coefficient (Wildman–Crippen LogP) is 4.73. The van der Waals surface area contributed by atoms with Crippen molar-refractivity contribution in [1.82, 2.24) is 15.5 Å². The van der Waals surface area contributed by atoms with Gasteiger partial charge in [0.1, 0.15) is 11.6 Å². The zero-order chi connectivity index (χ0) is 35.6. The van der Waals surface area contributed by atoms with E-state index in [1.807, 2.05) is 13.8 Å². The van der Waals surface area contributed by atoms with E-state index in [-0.39, 0.29) is 53.9 Å². The van der Waals surface area contributed by atoms with E-state index in [1.54, 1.807) is 30.3 Å². The fraction of sp³-hybridized carbons (Fsp3) is 0.639. The Kier molecular flexibility index (Phi) is 14.3. The van der Waals surface area contributed by atoms with Gasteiger partial charge in [-0.2, -0.15) is 0 Å². The Morgan fingerprint density at radius 1 is 1.09 bits per heavy atom. The van der Waals surface area contributed by atoms with Crippen LogP contribution in [0.3, 0.4) is 0 Å². The van der Waals surface area contributed by atoms with Crippen molar-refractivity contribution >= 4 is 41.4 Å². The molecule has 0 aromatic heterocycles. The maximum Gasteiger partial charge on any atom is 0.329 e. The molecule has 47 heavy (non-hydrogen) atoms. The summed E-state index contributed by atoms with van der Waals surface area (Å²) in [6.45, 7) is 15.1. The number of nitrogens with one attached hydrogen (secondary N) is 2. The van der Waals surface area contributed by atoms with Gasteiger partial charge in [0.15, 0.2) is 5.54 Å². The van der Waals surface area contributed by atoms with Gasteiger partial charge in [0.25, 0.3) is 11.8 Å². The van der Waals surface area contributed by atoms with Gasteiger partial charge in [0.2, 0.25) is 11.8 Å². The van der Waals surface area contributed by atoms with Gasteiger partial charge in [0, 0.05) is 37.2 Å². The van der Waals surface area contributed by atoms with E-state index >= 15 is 0 Å². The number of methoxy groups -OCH3 is 1. The summed E-state index contributed by atoms with van der Waals surface area (Å²) in [7, 11) is 5.40. The molecule has 1 aliphatic rings. The van der Waals surface area contributed by atoms with Crippen LogP contribution < -0.4 is 10.6 Å². The lowest BCUT2D eigenvalue weighted by Crippen LogP contribution is -2.71. The molecule has 1 aromatic rings. The number of amides is 4. The van der Waals surface area contributed by atoms with E-state index < -0.39 is 28.7 Å². The first-order valence-corrected chi connectivity index (χ1v) is 17.6. The van der Waals surface area contributed by atoms with Crippen LogP contribution >= 0.6 is 11.8 Å². The molecular formula is C36H57N4O6S+. The number of carbonyl (C=O) groups excluding carboxylic acids is 5. The average molecular weight is 674 g/mol. The van der Waals surface area contributed by atoms with E-state index in [0.29, 0.717) is 10.0 Å². The van der Waals surface area contributed by atoms with Gasteiger partial charge < -0.3 is 19.9 Å². The van der Waals surface area contributed by atoms with E-state index in [9.17, 15) is 24.0 Å². The van der Waals surface area contributed by atoms with Crippen LogP contribution in [-0.2, 0) is 23.9 Å². The molecule has 1 fully saturated rings. The number of likely N-dealkylation sites (tertiary alicyclic amines) is 1. The fourth-order valence-corrected chi connectivity index (χ4v) is 6.77. The molecule has 3 atom stereocenters. The number of carbonyl (C=O) groups is 5. The van der Waals surface area contributed by atoms with Gasteiger partial charge in [-0.05, 0) is 57.2 Å². The van der Waals surface area contributed by atoms with Crippen molar-refractivity contribution in [2.24, 2.45) is 5.41 Å². The Morgan fingerprint density at radius 3 is 2.30 bits per heavy atom. The molecule has 4 amide bonds. The van der Waals surface area contributed by atoms with Crippen LogP contribution in [0, 0.1) is 5.41 Å². The highest BCUT2D eigenvalue weighted by Gasteiger charge is 2.53. The Balaban J connectivity index is 2.03. The van der Waals surface area contributed by atoms with Crippen LogP contribution in [0.4, 0.5) is 0 Å². The second-order valence-electron chi connectivity index (χ2n) is 14.3. The van der Waals surface area contributed by atoms with Crippen LogP contribution in [0.25, 0.3) is 0 Å². The standard InChI is InChI=1S/C36H56N4O6S/c1-11-19-36(7,21-16-20-34(3,4)12-2)40(8,9)35(5,6)33(45)37-22-23-39-29(41)24-28(31(39)43)47-25-27(32(44)46-10)38-30(42)26-17-14-13-15-18-26/h13-18,21,27-28H,11-12,19-20,22-25H2,1-10H3,(H-,37,38,42,45)/p+1. The lowest BCUT2D eigenvalue weighted by Gasteiger charge is -2.53. The van der Waals surface area contributed by atoms with Crippen molar-refractivity contribution in [3.05, 3.63) is 48.0 Å². The monoisotopic (exact) mass is 673 g/mol. The van der Waals surface area contributed by atoms with E-state index in [1.165, 1.54) is 12.0 Å². The Hall–Kier alpha value is -3.18. The molecule has 10 nitrogen and oxygen atoms in total. The predicted molar refractivity (Wildman–Crippen MR) is 188 cm³/mol. The Labute approximate surface area is 286 Å². The summed E-state index contributed by atoms with van der Waals surface area (Å²) in [6.07, 6.45) is 8.42. The third-order valence-electron chi connectivity index (χ3n) is 10.2. The van der Waals surface area contributed by atoms with Gasteiger partial charge >= 0.3 is 5.97 Å². The molecule has 1 aromatic carbocycles. The van der Waals surface area contributed by atoms with E-state index in [0.717, 1.165) is 37.4 Å². The van der Waals surface area contributed by atoms with Crippen molar-refractivity contribution in [1.29, 1.82) is 0 Å². The minimum Gasteiger partial charge on any atom is -0.467 e. The van der Waals surface area contributed by atoms with Crippen LogP contribution in [0.5, 0.6) is 0 Å². The molecule has 1 saturated heterocycles. The first-order valence-electron chi connectivity index (χ1n) is 16.6. The number of rotatable bonds is 18. The number of hydrogen-bond acceptors (Lipinski definition) is 7. The summed E-state index contributed by atoms with van der Waals surface area (Å²) in [4.78, 5) is 65.9. The maximum absolute atomic E-state index is 13.7. The number of nitrogens with zero attached hydrogens (tertiary/aromatic N) is 2. The number of esters is 1. The largest absolute Gasteiger partial charge is 0.467 e. The van der Waals surface area contributed by atoms with Crippen molar-refractivity contribution in [3.8, 4) is 0 Å². The average Bonchev–Trinajstić information content (AvgIpc) is 3.30. The number of quaternary nitrogens is 1. The number of allylic oxidation sites excluding steroid dienone is 1. The Bertz CT molecular complexity index is 1300. The molecule has 3 unspecified atom stereocenters. The van der Waals surface area contributed by atoms with Crippen molar-refractivity contribution in [2.75, 3.05) is 40.0 Å². The maximum atomic E-state index is 13.7. The van der Waals surface area contributed by atoms with Gasteiger partial charge in [-0.25, -0.2) is 4.79 Å². The molecule has 262 valence electrons. The Morgan fingerprint density at radius 2 is 1.72 bits per heavy atom. The third kappa shape index (κ3) is 9.92. The summed E-state index contributed by atoms with van der Waals surface area (Å²) in [5.41, 5.74) is -0.525. The lowest BCUT2D eigenvalue weighted by atomic mass is 9.82. The number of benzene rings is 1. The summed E-state index contributed by atoms with van der Waals surface area (Å²) in [5, 5.41) is 4.94. The summed E-state index contributed by atoms with van der Waals surface area (Å²) in [6, 6.07) is 7.48. The molecule has 0 aliphatic carbocycles. The minimum absolute atomic E-state index is 0.0239. The summed E-state index contributed by atoms with van der Waals surface area (Å²) < 4.78 is 5.28. The third-order valence-corrected chi connectivity index (χ3v) is 11.5. The number of hydrogen-bond donors (Lipinski definition) is 2. The topological polar surface area (TPSA) is 122 Å².